The van der Waals surface area contributed by atoms with Crippen molar-refractivity contribution in [1.82, 2.24) is 0 Å². The van der Waals surface area contributed by atoms with Crippen molar-refractivity contribution in [3.05, 3.63) is 0 Å². The minimum Gasteiger partial charge on any atom is -0.393 e. The van der Waals surface area contributed by atoms with Gasteiger partial charge in [0.1, 0.15) is 13.2 Å². The lowest BCUT2D eigenvalue weighted by Gasteiger charge is -1.91. The molecule has 3 nitrogen and oxygen atoms in total. The highest BCUT2D eigenvalue weighted by atomic mass is 16.6. The van der Waals surface area contributed by atoms with Gasteiger partial charge < -0.3 is 4.84 Å². The number of nitrogens with zero attached hydrogens (tertiary/aromatic N) is 1. The fraction of sp³-hybridized carbons (Fsp3) is 0.800. The van der Waals surface area contributed by atoms with Crippen molar-refractivity contribution in [1.29, 1.82) is 0 Å². The monoisotopic (exact) mass is 116 g/mol. The molecular weight excluding hydrogens is 106 g/mol. The maximum absolute atomic E-state index is 9.72. The minimum atomic E-state index is -0.225. The molecule has 0 N–H and O–H groups in total. The summed E-state index contributed by atoms with van der Waals surface area (Å²) in [6, 6.07) is 0. The van der Waals surface area contributed by atoms with Crippen LogP contribution in [0, 0.1) is 0 Å². The van der Waals surface area contributed by atoms with E-state index in [1.54, 1.807) is 0 Å². The largest absolute Gasteiger partial charge is 0.393 e. The first-order valence-electron chi connectivity index (χ1n) is 2.48. The topological polar surface area (TPSA) is 41.5 Å². The Bertz CT molecular complexity index is 76.5. The Hall–Kier alpha value is -0.570. The van der Waals surface area contributed by atoms with E-state index in [1.807, 2.05) is 13.8 Å². The number of oxime groups is 1. The average molecular weight is 116 g/mol. The predicted octanol–water partition coefficient (Wildman–Crippen LogP) is 0.829. The van der Waals surface area contributed by atoms with Gasteiger partial charge in [-0.15, -0.1) is 0 Å². The van der Waals surface area contributed by atoms with Crippen LogP contribution >= 0.6 is 0 Å². The van der Waals surface area contributed by atoms with Gasteiger partial charge in [0.15, 0.2) is 0 Å². The Morgan fingerprint density at radius 3 is 2.62 bits per heavy atom. The van der Waals surface area contributed by atoms with Gasteiger partial charge in [0.05, 0.1) is 5.71 Å². The molecule has 8 heavy (non-hydrogen) atoms. The third-order valence-corrected chi connectivity index (χ3v) is 0.422. The molecule has 0 heterocycles. The molecule has 0 aliphatic carbocycles. The molecule has 47 valence electrons. The standard InChI is InChI=1S/C5H10NO2/c1-5(2)6-8-4-3-7/h3-4H2,1-2H3. The Kier molecular flexibility index (Phi) is 4.26. The Morgan fingerprint density at radius 2 is 2.25 bits per heavy atom. The molecule has 0 aliphatic heterocycles. The quantitative estimate of drug-likeness (QED) is 0.306. The summed E-state index contributed by atoms with van der Waals surface area (Å²) in [5.74, 6) is 0. The van der Waals surface area contributed by atoms with Gasteiger partial charge in [-0.2, -0.15) is 0 Å². The van der Waals surface area contributed by atoms with Crippen LogP contribution in [0.15, 0.2) is 5.16 Å². The molecule has 0 atom stereocenters. The molecule has 0 saturated heterocycles. The second-order valence-electron chi connectivity index (χ2n) is 1.58. The normalized spacial score (nSPS) is 8.38. The summed E-state index contributed by atoms with van der Waals surface area (Å²) in [4.78, 5) is 4.52. The van der Waals surface area contributed by atoms with Crippen LogP contribution in [-0.4, -0.2) is 18.9 Å². The first kappa shape index (κ1) is 7.43. The fourth-order valence-corrected chi connectivity index (χ4v) is 0.212. The zero-order valence-electron chi connectivity index (χ0n) is 5.18. The Morgan fingerprint density at radius 1 is 1.62 bits per heavy atom. The molecule has 1 radical (unpaired) electrons. The highest BCUT2D eigenvalue weighted by Gasteiger charge is 1.79. The summed E-state index contributed by atoms with van der Waals surface area (Å²) in [6.07, 6.45) is 0. The molecule has 0 spiro atoms. The number of hydrogen-bond acceptors (Lipinski definition) is 2. The minimum absolute atomic E-state index is 0.172. The lowest BCUT2D eigenvalue weighted by molar-refractivity contribution is 0.0679. The summed E-state index contributed by atoms with van der Waals surface area (Å²) in [6.45, 7) is 3.57. The van der Waals surface area contributed by atoms with E-state index in [1.165, 1.54) is 0 Å². The summed E-state index contributed by atoms with van der Waals surface area (Å²) < 4.78 is 0. The second-order valence-corrected chi connectivity index (χ2v) is 1.58. The van der Waals surface area contributed by atoms with Crippen LogP contribution in [0.3, 0.4) is 0 Å². The smallest absolute Gasteiger partial charge is 0.143 e. The van der Waals surface area contributed by atoms with Crippen molar-refractivity contribution in [2.45, 2.75) is 13.8 Å². The summed E-state index contributed by atoms with van der Waals surface area (Å²) in [5, 5.41) is 13.2. The van der Waals surface area contributed by atoms with Gasteiger partial charge in [-0.1, -0.05) is 5.16 Å². The maximum Gasteiger partial charge on any atom is 0.143 e. The molecule has 0 aromatic heterocycles. The van der Waals surface area contributed by atoms with Crippen molar-refractivity contribution >= 4 is 5.71 Å². The van der Waals surface area contributed by atoms with Gasteiger partial charge in [0, 0.05) is 0 Å². The maximum atomic E-state index is 9.72. The average Bonchev–Trinajstić information content (AvgIpc) is 1.66. The van der Waals surface area contributed by atoms with E-state index in [0.717, 1.165) is 5.71 Å². The third-order valence-electron chi connectivity index (χ3n) is 0.422. The first-order chi connectivity index (χ1) is 3.77. The van der Waals surface area contributed by atoms with Crippen molar-refractivity contribution in [2.24, 2.45) is 5.16 Å². The van der Waals surface area contributed by atoms with Crippen LogP contribution in [0.25, 0.3) is 0 Å². The molecule has 0 saturated carbocycles. The van der Waals surface area contributed by atoms with Gasteiger partial charge in [0.25, 0.3) is 0 Å². The first-order valence-corrected chi connectivity index (χ1v) is 2.48. The van der Waals surface area contributed by atoms with E-state index >= 15 is 0 Å². The van der Waals surface area contributed by atoms with E-state index < -0.39 is 0 Å². The van der Waals surface area contributed by atoms with E-state index in [9.17, 15) is 5.11 Å². The molecule has 0 rings (SSSR count). The fourth-order valence-electron chi connectivity index (χ4n) is 0.212. The highest BCUT2D eigenvalue weighted by molar-refractivity contribution is 5.78. The Balaban J connectivity index is 3.03. The van der Waals surface area contributed by atoms with Crippen LogP contribution in [-0.2, 0) is 9.94 Å². The molecule has 0 aliphatic rings. The van der Waals surface area contributed by atoms with Crippen molar-refractivity contribution in [3.63, 3.8) is 0 Å². The molecule has 3 heteroatoms. The van der Waals surface area contributed by atoms with E-state index in [-0.39, 0.29) is 13.2 Å². The van der Waals surface area contributed by atoms with Gasteiger partial charge in [-0.3, -0.25) is 0 Å². The summed E-state index contributed by atoms with van der Waals surface area (Å²) in [7, 11) is 0. The van der Waals surface area contributed by atoms with Crippen LogP contribution in [0.5, 0.6) is 0 Å². The molecule has 0 aromatic rings. The van der Waals surface area contributed by atoms with E-state index in [0.29, 0.717) is 0 Å². The number of hydrogen-bond donors (Lipinski definition) is 0. The molecular formula is C5H10NO2. The molecule has 0 aromatic carbocycles. The van der Waals surface area contributed by atoms with Crippen LogP contribution in [0.2, 0.25) is 0 Å². The lowest BCUT2D eigenvalue weighted by Crippen LogP contribution is -1.93. The Labute approximate surface area is 49.0 Å². The van der Waals surface area contributed by atoms with E-state index in [2.05, 4.69) is 9.99 Å². The van der Waals surface area contributed by atoms with Gasteiger partial charge in [0.2, 0.25) is 0 Å². The van der Waals surface area contributed by atoms with Gasteiger partial charge in [-0.05, 0) is 13.8 Å². The summed E-state index contributed by atoms with van der Waals surface area (Å²) >= 11 is 0. The van der Waals surface area contributed by atoms with Crippen LogP contribution in [0.4, 0.5) is 0 Å². The zero-order valence-corrected chi connectivity index (χ0v) is 5.18. The predicted molar refractivity (Wildman–Crippen MR) is 30.3 cm³/mol. The molecule has 0 unspecified atom stereocenters. The summed E-state index contributed by atoms with van der Waals surface area (Å²) in [5.41, 5.74) is 0.832. The molecule has 0 bridgehead atoms. The second kappa shape index (κ2) is 4.59. The van der Waals surface area contributed by atoms with Gasteiger partial charge >= 0.3 is 0 Å². The van der Waals surface area contributed by atoms with Crippen molar-refractivity contribution < 1.29 is 9.94 Å². The molecule has 0 fully saturated rings. The zero-order chi connectivity index (χ0) is 6.41. The highest BCUT2D eigenvalue weighted by Crippen LogP contribution is 1.77. The van der Waals surface area contributed by atoms with Crippen LogP contribution < -0.4 is 0 Å². The third kappa shape index (κ3) is 5.43. The lowest BCUT2D eigenvalue weighted by atomic mass is 10.5. The van der Waals surface area contributed by atoms with E-state index in [4.69, 9.17) is 0 Å². The SMILES string of the molecule is CC(C)=NOCC[O]. The van der Waals surface area contributed by atoms with Gasteiger partial charge in [-0.25, -0.2) is 5.11 Å². The van der Waals surface area contributed by atoms with Crippen molar-refractivity contribution in [2.75, 3.05) is 13.2 Å². The van der Waals surface area contributed by atoms with Crippen molar-refractivity contribution in [3.8, 4) is 0 Å². The van der Waals surface area contributed by atoms with Crippen LogP contribution in [0.1, 0.15) is 13.8 Å². The number of rotatable bonds is 3. The molecule has 0 amide bonds.